The Balaban J connectivity index is 1.98. The molecule has 0 aliphatic heterocycles. The summed E-state index contributed by atoms with van der Waals surface area (Å²) in [5.41, 5.74) is 0.662. The number of carbonyl (C=O) groups is 1. The molecule has 0 aliphatic carbocycles. The zero-order valence-electron chi connectivity index (χ0n) is 12.4. The van der Waals surface area contributed by atoms with Crippen LogP contribution in [0.4, 0.5) is 5.13 Å². The minimum atomic E-state index is -0.228. The van der Waals surface area contributed by atoms with Crippen molar-refractivity contribution in [3.8, 4) is 5.75 Å². The first-order chi connectivity index (χ1) is 10.6. The molecule has 0 saturated carbocycles. The number of rotatable bonds is 8. The molecule has 2 rings (SSSR count). The molecule has 0 saturated heterocycles. The molecule has 7 heteroatoms. The molecule has 0 radical (unpaired) electrons. The second kappa shape index (κ2) is 7.95. The van der Waals surface area contributed by atoms with E-state index in [9.17, 15) is 4.79 Å². The molecule has 2 aromatic rings. The highest BCUT2D eigenvalue weighted by Crippen LogP contribution is 2.30. The van der Waals surface area contributed by atoms with E-state index < -0.39 is 0 Å². The van der Waals surface area contributed by atoms with Gasteiger partial charge in [-0.3, -0.25) is 4.79 Å². The normalized spacial score (nSPS) is 11.7. The monoisotopic (exact) mass is 335 g/mol. The number of Topliss-reactive ketones (excluding diaryl/α,β-unsaturated/α-hetero) is 1. The number of hydrogen-bond donors (Lipinski definition) is 1. The highest BCUT2D eigenvalue weighted by atomic mass is 32.2. The first kappa shape index (κ1) is 16.5. The Morgan fingerprint density at radius 3 is 2.82 bits per heavy atom. The van der Waals surface area contributed by atoms with Crippen LogP contribution in [0, 0.1) is 0 Å². The first-order valence-corrected chi connectivity index (χ1v) is 8.37. The number of carbonyl (C=O) groups excluding carboxylic acids is 1. The fourth-order valence-electron chi connectivity index (χ4n) is 1.68. The molecule has 1 N–H and O–H groups in total. The summed E-state index contributed by atoms with van der Waals surface area (Å²) in [7, 11) is 1.60. The van der Waals surface area contributed by atoms with Crippen LogP contribution in [0.3, 0.4) is 0 Å². The highest BCUT2D eigenvalue weighted by Gasteiger charge is 2.18. The number of nitrogens with zero attached hydrogens (tertiary/aromatic N) is 2. The van der Waals surface area contributed by atoms with Gasteiger partial charge in [0.2, 0.25) is 5.13 Å². The van der Waals surface area contributed by atoms with Gasteiger partial charge < -0.3 is 10.1 Å². The number of benzene rings is 1. The fraction of sp³-hybridized carbons (Fsp3) is 0.267. The van der Waals surface area contributed by atoms with Gasteiger partial charge in [0.15, 0.2) is 10.1 Å². The van der Waals surface area contributed by atoms with Crippen LogP contribution in [0.25, 0.3) is 0 Å². The molecule has 1 aromatic carbocycles. The average molecular weight is 335 g/mol. The van der Waals surface area contributed by atoms with E-state index in [1.807, 2.05) is 6.92 Å². The van der Waals surface area contributed by atoms with Crippen molar-refractivity contribution < 1.29 is 9.53 Å². The smallest absolute Gasteiger partial charge is 0.206 e. The van der Waals surface area contributed by atoms with E-state index in [1.165, 1.54) is 23.1 Å². The van der Waals surface area contributed by atoms with Crippen LogP contribution in [0.15, 0.2) is 41.3 Å². The SMILES string of the molecule is C=CCNc1nnc(S[C@@H](C)C(=O)c2ccc(OC)cc2)s1. The van der Waals surface area contributed by atoms with Gasteiger partial charge in [0.25, 0.3) is 0 Å². The number of anilines is 1. The zero-order chi connectivity index (χ0) is 15.9. The third-order valence-electron chi connectivity index (χ3n) is 2.83. The quantitative estimate of drug-likeness (QED) is 0.452. The van der Waals surface area contributed by atoms with Gasteiger partial charge in [-0.1, -0.05) is 29.2 Å². The van der Waals surface area contributed by atoms with Gasteiger partial charge in [-0.2, -0.15) is 0 Å². The van der Waals surface area contributed by atoms with Gasteiger partial charge in [0.05, 0.1) is 12.4 Å². The van der Waals surface area contributed by atoms with E-state index in [2.05, 4.69) is 22.1 Å². The highest BCUT2D eigenvalue weighted by molar-refractivity contribution is 8.02. The predicted molar refractivity (Wildman–Crippen MR) is 91.2 cm³/mol. The Labute approximate surface area is 137 Å². The van der Waals surface area contributed by atoms with E-state index >= 15 is 0 Å². The van der Waals surface area contributed by atoms with Gasteiger partial charge in [0, 0.05) is 12.1 Å². The third kappa shape index (κ3) is 4.32. The number of ketones is 1. The Morgan fingerprint density at radius 2 is 2.18 bits per heavy atom. The number of nitrogens with one attached hydrogen (secondary N) is 1. The maximum atomic E-state index is 12.4. The van der Waals surface area contributed by atoms with Crippen molar-refractivity contribution in [3.05, 3.63) is 42.5 Å². The summed E-state index contributed by atoms with van der Waals surface area (Å²) >= 11 is 2.84. The maximum Gasteiger partial charge on any atom is 0.206 e. The molecular weight excluding hydrogens is 318 g/mol. The molecule has 22 heavy (non-hydrogen) atoms. The van der Waals surface area contributed by atoms with Crippen LogP contribution < -0.4 is 10.1 Å². The summed E-state index contributed by atoms with van der Waals surface area (Å²) in [4.78, 5) is 12.4. The Morgan fingerprint density at radius 1 is 1.45 bits per heavy atom. The van der Waals surface area contributed by atoms with Gasteiger partial charge in [-0.15, -0.1) is 16.8 Å². The predicted octanol–water partition coefficient (Wildman–Crippen LogP) is 3.51. The lowest BCUT2D eigenvalue weighted by Gasteiger charge is -2.08. The molecule has 5 nitrogen and oxygen atoms in total. The fourth-order valence-corrected chi connectivity index (χ4v) is 3.66. The lowest BCUT2D eigenvalue weighted by atomic mass is 10.1. The molecule has 1 heterocycles. The topological polar surface area (TPSA) is 64.1 Å². The summed E-state index contributed by atoms with van der Waals surface area (Å²) < 4.78 is 5.86. The molecule has 0 fully saturated rings. The molecule has 1 aromatic heterocycles. The van der Waals surface area contributed by atoms with Crippen molar-refractivity contribution in [1.29, 1.82) is 0 Å². The Bertz CT molecular complexity index is 640. The summed E-state index contributed by atoms with van der Waals surface area (Å²) in [5, 5.41) is 11.7. The van der Waals surface area contributed by atoms with Crippen molar-refractivity contribution in [2.45, 2.75) is 16.5 Å². The van der Waals surface area contributed by atoms with Crippen molar-refractivity contribution in [1.82, 2.24) is 10.2 Å². The van der Waals surface area contributed by atoms with Crippen LogP contribution in [0.1, 0.15) is 17.3 Å². The molecule has 1 atom stereocenters. The number of aromatic nitrogens is 2. The Kier molecular flexibility index (Phi) is 5.97. The van der Waals surface area contributed by atoms with Crippen molar-refractivity contribution in [3.63, 3.8) is 0 Å². The van der Waals surface area contributed by atoms with Crippen LogP contribution in [-0.2, 0) is 0 Å². The van der Waals surface area contributed by atoms with E-state index in [-0.39, 0.29) is 11.0 Å². The molecule has 0 spiro atoms. The van der Waals surface area contributed by atoms with Crippen LogP contribution >= 0.6 is 23.1 Å². The molecular formula is C15H17N3O2S2. The van der Waals surface area contributed by atoms with Crippen molar-refractivity contribution in [2.24, 2.45) is 0 Å². The maximum absolute atomic E-state index is 12.4. The lowest BCUT2D eigenvalue weighted by molar-refractivity contribution is 0.0994. The molecule has 0 aliphatic rings. The number of ether oxygens (including phenoxy) is 1. The summed E-state index contributed by atoms with van der Waals surface area (Å²) in [6.45, 7) is 6.14. The van der Waals surface area contributed by atoms with Crippen LogP contribution in [0.5, 0.6) is 5.75 Å². The van der Waals surface area contributed by atoms with E-state index in [0.717, 1.165) is 15.2 Å². The summed E-state index contributed by atoms with van der Waals surface area (Å²) in [5.74, 6) is 0.794. The van der Waals surface area contributed by atoms with E-state index in [4.69, 9.17) is 4.74 Å². The largest absolute Gasteiger partial charge is 0.497 e. The van der Waals surface area contributed by atoms with Gasteiger partial charge >= 0.3 is 0 Å². The molecule has 0 bridgehead atoms. The van der Waals surface area contributed by atoms with Gasteiger partial charge in [0.1, 0.15) is 5.75 Å². The Hall–Kier alpha value is -1.86. The number of hydrogen-bond acceptors (Lipinski definition) is 7. The zero-order valence-corrected chi connectivity index (χ0v) is 14.0. The summed E-state index contributed by atoms with van der Waals surface area (Å²) in [6, 6.07) is 7.12. The third-order valence-corrected chi connectivity index (χ3v) is 4.89. The average Bonchev–Trinajstić information content (AvgIpc) is 2.99. The molecule has 116 valence electrons. The van der Waals surface area contributed by atoms with Gasteiger partial charge in [-0.05, 0) is 31.2 Å². The molecule has 0 unspecified atom stereocenters. The van der Waals surface area contributed by atoms with Crippen molar-refractivity contribution in [2.75, 3.05) is 19.0 Å². The lowest BCUT2D eigenvalue weighted by Crippen LogP contribution is -2.13. The number of thioether (sulfide) groups is 1. The number of methoxy groups -OCH3 is 1. The molecule has 0 amide bonds. The minimum Gasteiger partial charge on any atom is -0.497 e. The van der Waals surface area contributed by atoms with Crippen LogP contribution in [0.2, 0.25) is 0 Å². The standard InChI is InChI=1S/C15H17N3O2S2/c1-4-9-16-14-17-18-15(22-14)21-10(2)13(19)11-5-7-12(20-3)8-6-11/h4-8,10H,1,9H2,2-3H3,(H,16,17)/t10-/m0/s1. The van der Waals surface area contributed by atoms with E-state index in [0.29, 0.717) is 12.1 Å². The van der Waals surface area contributed by atoms with Gasteiger partial charge in [-0.25, -0.2) is 0 Å². The van der Waals surface area contributed by atoms with E-state index in [1.54, 1.807) is 37.5 Å². The minimum absolute atomic E-state index is 0.0588. The summed E-state index contributed by atoms with van der Waals surface area (Å²) in [6.07, 6.45) is 1.75. The van der Waals surface area contributed by atoms with Crippen molar-refractivity contribution >= 4 is 34.0 Å². The first-order valence-electron chi connectivity index (χ1n) is 6.67. The second-order valence-electron chi connectivity index (χ2n) is 4.40. The van der Waals surface area contributed by atoms with Crippen LogP contribution in [-0.4, -0.2) is 34.9 Å². The second-order valence-corrected chi connectivity index (χ2v) is 6.96.